The summed E-state index contributed by atoms with van der Waals surface area (Å²) in [5.74, 6) is 0.219. The van der Waals surface area contributed by atoms with E-state index in [1.54, 1.807) is 6.92 Å². The number of amides is 2. The van der Waals surface area contributed by atoms with E-state index in [2.05, 4.69) is 30.9 Å². The molecule has 7 heteroatoms. The van der Waals surface area contributed by atoms with E-state index < -0.39 is 5.60 Å². The third-order valence-electron chi connectivity index (χ3n) is 7.16. The van der Waals surface area contributed by atoms with E-state index in [9.17, 15) is 9.59 Å². The van der Waals surface area contributed by atoms with Crippen molar-refractivity contribution in [3.8, 4) is 0 Å². The maximum absolute atomic E-state index is 12.8. The second-order valence-electron chi connectivity index (χ2n) is 10.4. The van der Waals surface area contributed by atoms with Gasteiger partial charge in [0.2, 0.25) is 5.91 Å². The molecule has 0 radical (unpaired) electrons. The molecule has 0 saturated carbocycles. The lowest BCUT2D eigenvalue weighted by molar-refractivity contribution is -0.117. The van der Waals surface area contributed by atoms with Crippen LogP contribution in [0.2, 0.25) is 0 Å². The van der Waals surface area contributed by atoms with E-state index in [4.69, 9.17) is 10.5 Å². The molecule has 2 fully saturated rings. The van der Waals surface area contributed by atoms with Gasteiger partial charge in [-0.3, -0.25) is 9.69 Å². The molecule has 2 N–H and O–H groups in total. The highest BCUT2D eigenvalue weighted by Crippen LogP contribution is 2.42. The lowest BCUT2D eigenvalue weighted by atomic mass is 9.83. The maximum atomic E-state index is 12.8. The van der Waals surface area contributed by atoms with Crippen molar-refractivity contribution in [3.05, 3.63) is 23.8 Å². The Morgan fingerprint density at radius 2 is 1.71 bits per heavy atom. The molecule has 5 atom stereocenters. The molecule has 3 aliphatic heterocycles. The van der Waals surface area contributed by atoms with Gasteiger partial charge in [-0.1, -0.05) is 6.92 Å². The van der Waals surface area contributed by atoms with E-state index in [1.165, 1.54) is 0 Å². The molecule has 31 heavy (non-hydrogen) atoms. The van der Waals surface area contributed by atoms with Crippen molar-refractivity contribution in [2.45, 2.75) is 84.2 Å². The summed E-state index contributed by atoms with van der Waals surface area (Å²) in [6.07, 6.45) is 1.79. The summed E-state index contributed by atoms with van der Waals surface area (Å²) < 4.78 is 5.66. The van der Waals surface area contributed by atoms with E-state index in [0.29, 0.717) is 0 Å². The predicted octanol–water partition coefficient (Wildman–Crippen LogP) is 3.67. The fourth-order valence-electron chi connectivity index (χ4n) is 5.45. The van der Waals surface area contributed by atoms with Gasteiger partial charge in [0.15, 0.2) is 0 Å². The SMILES string of the molecule is CC(=O)N1c2ccc(N3CC4CCC(C3)N4C(=O)OC(C)(C)C)cc2C(N)[C@@H](C)[C@@H]1C. The van der Waals surface area contributed by atoms with Crippen LogP contribution in [-0.2, 0) is 9.53 Å². The van der Waals surface area contributed by atoms with E-state index in [-0.39, 0.29) is 42.1 Å². The van der Waals surface area contributed by atoms with Crippen molar-refractivity contribution in [3.63, 3.8) is 0 Å². The van der Waals surface area contributed by atoms with Gasteiger partial charge in [0.05, 0.1) is 12.1 Å². The number of carbonyl (C=O) groups is 2. The highest BCUT2D eigenvalue weighted by molar-refractivity contribution is 5.94. The zero-order valence-corrected chi connectivity index (χ0v) is 19.6. The highest BCUT2D eigenvalue weighted by Gasteiger charge is 2.45. The van der Waals surface area contributed by atoms with Crippen molar-refractivity contribution < 1.29 is 14.3 Å². The molecule has 1 aromatic rings. The fourth-order valence-corrected chi connectivity index (χ4v) is 5.45. The molecule has 2 amide bonds. The summed E-state index contributed by atoms with van der Waals surface area (Å²) in [5.41, 5.74) is 9.18. The summed E-state index contributed by atoms with van der Waals surface area (Å²) in [5, 5.41) is 0. The number of ether oxygens (including phenoxy) is 1. The number of nitrogens with zero attached hydrogens (tertiary/aromatic N) is 3. The smallest absolute Gasteiger partial charge is 0.410 e. The van der Waals surface area contributed by atoms with Crippen LogP contribution in [0.25, 0.3) is 0 Å². The number of nitrogens with two attached hydrogens (primary N) is 1. The van der Waals surface area contributed by atoms with Crippen molar-refractivity contribution >= 4 is 23.4 Å². The number of piperazine rings is 1. The fraction of sp³-hybridized carbons (Fsp3) is 0.667. The second-order valence-corrected chi connectivity index (χ2v) is 10.4. The van der Waals surface area contributed by atoms with E-state index >= 15 is 0 Å². The molecule has 2 bridgehead atoms. The van der Waals surface area contributed by atoms with Crippen molar-refractivity contribution in [2.75, 3.05) is 22.9 Å². The molecule has 2 saturated heterocycles. The molecular weight excluding hydrogens is 392 g/mol. The van der Waals surface area contributed by atoms with Crippen LogP contribution in [0.15, 0.2) is 18.2 Å². The first-order valence-corrected chi connectivity index (χ1v) is 11.4. The molecule has 3 aliphatic rings. The zero-order valence-electron chi connectivity index (χ0n) is 19.6. The minimum Gasteiger partial charge on any atom is -0.444 e. The third kappa shape index (κ3) is 3.88. The van der Waals surface area contributed by atoms with Crippen LogP contribution in [0.5, 0.6) is 0 Å². The molecule has 1 aromatic carbocycles. The Morgan fingerprint density at radius 1 is 1.10 bits per heavy atom. The van der Waals surface area contributed by atoms with Crippen molar-refractivity contribution in [1.82, 2.24) is 4.90 Å². The van der Waals surface area contributed by atoms with Gasteiger partial charge in [-0.15, -0.1) is 0 Å². The van der Waals surface area contributed by atoms with Gasteiger partial charge in [-0.2, -0.15) is 0 Å². The Balaban J connectivity index is 1.58. The lowest BCUT2D eigenvalue weighted by Gasteiger charge is -2.44. The number of benzene rings is 1. The molecule has 0 aliphatic carbocycles. The molecule has 3 unspecified atom stereocenters. The van der Waals surface area contributed by atoms with Gasteiger partial charge in [0.1, 0.15) is 5.60 Å². The summed E-state index contributed by atoms with van der Waals surface area (Å²) in [6, 6.07) is 6.56. The first kappa shape index (κ1) is 21.9. The Hall–Kier alpha value is -2.28. The number of hydrogen-bond acceptors (Lipinski definition) is 5. The molecule has 4 rings (SSSR count). The molecule has 3 heterocycles. The molecule has 0 aromatic heterocycles. The number of fused-ring (bicyclic) bond motifs is 3. The van der Waals surface area contributed by atoms with E-state index in [0.717, 1.165) is 42.9 Å². The minimum absolute atomic E-state index is 0.0456. The first-order valence-electron chi connectivity index (χ1n) is 11.4. The highest BCUT2D eigenvalue weighted by atomic mass is 16.6. The first-order chi connectivity index (χ1) is 14.5. The van der Waals surface area contributed by atoms with Crippen LogP contribution in [-0.4, -0.2) is 53.7 Å². The van der Waals surface area contributed by atoms with E-state index in [1.807, 2.05) is 36.6 Å². The normalized spacial score (nSPS) is 30.3. The van der Waals surface area contributed by atoms with Crippen LogP contribution >= 0.6 is 0 Å². The third-order valence-corrected chi connectivity index (χ3v) is 7.16. The zero-order chi connectivity index (χ0) is 22.7. The minimum atomic E-state index is -0.487. The van der Waals surface area contributed by atoms with Crippen LogP contribution in [0.4, 0.5) is 16.2 Å². The largest absolute Gasteiger partial charge is 0.444 e. The van der Waals surface area contributed by atoms with Crippen molar-refractivity contribution in [2.24, 2.45) is 11.7 Å². The average molecular weight is 429 g/mol. The number of anilines is 2. The van der Waals surface area contributed by atoms with Gasteiger partial charge >= 0.3 is 6.09 Å². The molecule has 170 valence electrons. The van der Waals surface area contributed by atoms with Gasteiger partial charge < -0.3 is 20.3 Å². The van der Waals surface area contributed by atoms with Crippen molar-refractivity contribution in [1.29, 1.82) is 0 Å². The Labute approximate surface area is 185 Å². The Morgan fingerprint density at radius 3 is 2.26 bits per heavy atom. The van der Waals surface area contributed by atoms with Gasteiger partial charge in [-0.25, -0.2) is 4.79 Å². The predicted molar refractivity (Wildman–Crippen MR) is 122 cm³/mol. The van der Waals surface area contributed by atoms with Gasteiger partial charge in [0, 0.05) is 43.5 Å². The van der Waals surface area contributed by atoms with Crippen LogP contribution in [0.1, 0.15) is 66.0 Å². The van der Waals surface area contributed by atoms with Gasteiger partial charge in [0.25, 0.3) is 0 Å². The second kappa shape index (κ2) is 7.69. The number of rotatable bonds is 1. The lowest BCUT2D eigenvalue weighted by Crippen LogP contribution is -2.57. The maximum Gasteiger partial charge on any atom is 0.410 e. The molecular formula is C24H36N4O3. The van der Waals surface area contributed by atoms with Crippen LogP contribution in [0.3, 0.4) is 0 Å². The standard InChI is InChI=1S/C24H36N4O3/c1-14-15(2)27(16(3)29)21-10-9-17(11-20(21)22(14)25)26-12-18-7-8-19(13-26)28(18)23(30)31-24(4,5)6/h9-11,14-15,18-19,22H,7-8,12-13,25H2,1-6H3/t14-,15-,18?,19?,22?/m0/s1. The quantitative estimate of drug-likeness (QED) is 0.738. The Kier molecular flexibility index (Phi) is 5.44. The number of hydrogen-bond donors (Lipinski definition) is 1. The molecule has 7 nitrogen and oxygen atoms in total. The Bertz CT molecular complexity index is 866. The van der Waals surface area contributed by atoms with Crippen LogP contribution < -0.4 is 15.5 Å². The van der Waals surface area contributed by atoms with Crippen LogP contribution in [0, 0.1) is 5.92 Å². The number of carbonyl (C=O) groups excluding carboxylic acids is 2. The molecule has 0 spiro atoms. The topological polar surface area (TPSA) is 79.1 Å². The van der Waals surface area contributed by atoms with Gasteiger partial charge in [-0.05, 0) is 70.2 Å². The summed E-state index contributed by atoms with van der Waals surface area (Å²) in [4.78, 5) is 31.3. The summed E-state index contributed by atoms with van der Waals surface area (Å²) >= 11 is 0. The average Bonchev–Trinajstić information content (AvgIpc) is 2.94. The monoisotopic (exact) mass is 428 g/mol. The summed E-state index contributed by atoms with van der Waals surface area (Å²) in [6.45, 7) is 13.1. The summed E-state index contributed by atoms with van der Waals surface area (Å²) in [7, 11) is 0.